The van der Waals surface area contributed by atoms with Crippen LogP contribution in [0.25, 0.3) is 10.8 Å². The van der Waals surface area contributed by atoms with Gasteiger partial charge in [0.05, 0.1) is 16.8 Å². The number of nitrogens with zero attached hydrogens (tertiary/aromatic N) is 4. The number of aromatic amines is 1. The van der Waals surface area contributed by atoms with Crippen molar-refractivity contribution in [1.29, 1.82) is 0 Å². The monoisotopic (exact) mass is 378 g/mol. The summed E-state index contributed by atoms with van der Waals surface area (Å²) in [5, 5.41) is 11.4. The second-order valence-electron chi connectivity index (χ2n) is 5.99. The lowest BCUT2D eigenvalue weighted by Crippen LogP contribution is -1.98. The van der Waals surface area contributed by atoms with E-state index in [-0.39, 0.29) is 8.64 Å². The number of anilines is 2. The number of carbonyl (C=O) groups excluding carboxylic acids is 1. The highest BCUT2D eigenvalue weighted by molar-refractivity contribution is 7.17. The Kier molecular flexibility index (Phi) is 4.01. The molecule has 0 bridgehead atoms. The molecule has 7 nitrogen and oxygen atoms in total. The average molecular weight is 379 g/mol. The summed E-state index contributed by atoms with van der Waals surface area (Å²) in [6.45, 7) is 3.32. The number of thiazole rings is 1. The van der Waals surface area contributed by atoms with Crippen LogP contribution < -0.4 is 5.32 Å². The Morgan fingerprint density at radius 1 is 1.44 bits per heavy atom. The largest absolute Gasteiger partial charge is 0.322 e. The Bertz CT molecular complexity index is 972. The van der Waals surface area contributed by atoms with Gasteiger partial charge in [-0.15, -0.1) is 11.3 Å². The van der Waals surface area contributed by atoms with E-state index < -0.39 is 0 Å². The van der Waals surface area contributed by atoms with Crippen molar-refractivity contribution in [2.24, 2.45) is 0 Å². The van der Waals surface area contributed by atoms with Gasteiger partial charge in [0.1, 0.15) is 5.02 Å². The van der Waals surface area contributed by atoms with Crippen molar-refractivity contribution in [3.8, 4) is 10.8 Å². The van der Waals surface area contributed by atoms with E-state index in [0.717, 1.165) is 5.69 Å². The molecule has 0 aliphatic heterocycles. The van der Waals surface area contributed by atoms with Crippen LogP contribution in [0.3, 0.4) is 0 Å². The highest BCUT2D eigenvalue weighted by Gasteiger charge is 2.25. The predicted octanol–water partition coefficient (Wildman–Crippen LogP) is 4.60. The second-order valence-corrected chi connectivity index (χ2v) is 7.39. The number of aromatic nitrogens is 5. The van der Waals surface area contributed by atoms with Crippen LogP contribution in [0, 0.1) is 6.92 Å². The van der Waals surface area contributed by atoms with Crippen LogP contribution in [0.1, 0.15) is 49.6 Å². The molecule has 1 saturated carbocycles. The molecule has 0 unspecified atom stereocenters. The Hall–Kier alpha value is -2.32. The summed E-state index contributed by atoms with van der Waals surface area (Å²) in [7, 11) is 0. The minimum Gasteiger partial charge on any atom is -0.322 e. The van der Waals surface area contributed by atoms with E-state index in [4.69, 9.17) is 11.6 Å². The lowest BCUT2D eigenvalue weighted by molar-refractivity contribution is 0.102. The van der Waals surface area contributed by atoms with E-state index >= 15 is 0 Å². The summed E-state index contributed by atoms with van der Waals surface area (Å²) in [5.74, 6) is 2.11. The first-order valence-corrected chi connectivity index (χ1v) is 9.04. The second kappa shape index (κ2) is 6.20. The van der Waals surface area contributed by atoms with Crippen molar-refractivity contribution in [1.82, 2.24) is 25.1 Å². The summed E-state index contributed by atoms with van der Waals surface area (Å²) in [6, 6.07) is 1.97. The van der Waals surface area contributed by atoms with Gasteiger partial charge in [-0.25, -0.2) is 15.0 Å². The molecule has 25 heavy (non-hydrogen) atoms. The molecule has 4 rings (SSSR count). The van der Waals surface area contributed by atoms with Gasteiger partial charge in [0.25, 0.3) is 0 Å². The summed E-state index contributed by atoms with van der Waals surface area (Å²) in [5.41, 5.74) is 1.80. The topological polar surface area (TPSA) is 96.5 Å². The van der Waals surface area contributed by atoms with Gasteiger partial charge in [-0.2, -0.15) is 5.10 Å². The minimum atomic E-state index is -0.0160. The molecule has 0 atom stereocenters. The molecule has 1 aliphatic rings. The quantitative estimate of drug-likeness (QED) is 0.629. The molecule has 3 aromatic heterocycles. The van der Waals surface area contributed by atoms with Gasteiger partial charge in [0.15, 0.2) is 28.3 Å². The molecular formula is C16H19ClN6OS. The number of carbonyl (C=O) groups is 1. The van der Waals surface area contributed by atoms with Gasteiger partial charge >= 0.3 is 0 Å². The van der Waals surface area contributed by atoms with E-state index in [1.807, 2.05) is 6.07 Å². The third-order valence-electron chi connectivity index (χ3n) is 3.91. The number of aryl methyl sites for hydroxylation is 1. The molecule has 0 saturated heterocycles. The van der Waals surface area contributed by atoms with Crippen LogP contribution in [-0.4, -0.2) is 30.9 Å². The molecule has 0 spiro atoms. The van der Waals surface area contributed by atoms with E-state index in [1.165, 1.54) is 37.3 Å². The standard InChI is InChI=1S/C16H15ClN6OS.2H2/c1-7-13(8(2)24)25-16(19-7)15-18-6-10(17)14(21-15)20-12-5-11(22-23-12)9-3-4-9;;/h5-6,9H,3-4H2,1-2H3,(H2,18,20,21,22,23);2*1H. The van der Waals surface area contributed by atoms with Crippen molar-refractivity contribution >= 4 is 40.4 Å². The van der Waals surface area contributed by atoms with Crippen molar-refractivity contribution in [3.63, 3.8) is 0 Å². The van der Waals surface area contributed by atoms with Crippen LogP contribution in [0.5, 0.6) is 0 Å². The van der Waals surface area contributed by atoms with E-state index in [1.54, 1.807) is 6.92 Å². The number of nitrogens with one attached hydrogen (secondary N) is 2. The van der Waals surface area contributed by atoms with E-state index in [0.29, 0.717) is 44.0 Å². The number of halogens is 1. The third-order valence-corrected chi connectivity index (χ3v) is 5.44. The van der Waals surface area contributed by atoms with Crippen LogP contribution in [0.4, 0.5) is 11.6 Å². The summed E-state index contributed by atoms with van der Waals surface area (Å²) < 4.78 is 0. The number of hydrogen-bond donors (Lipinski definition) is 2. The molecule has 0 radical (unpaired) electrons. The maximum absolute atomic E-state index is 11.6. The molecule has 0 amide bonds. The Morgan fingerprint density at radius 2 is 2.24 bits per heavy atom. The van der Waals surface area contributed by atoms with E-state index in [9.17, 15) is 4.79 Å². The van der Waals surface area contributed by atoms with Gasteiger partial charge in [-0.3, -0.25) is 9.89 Å². The van der Waals surface area contributed by atoms with Crippen molar-refractivity contribution in [2.45, 2.75) is 32.6 Å². The van der Waals surface area contributed by atoms with Gasteiger partial charge < -0.3 is 5.32 Å². The molecule has 132 valence electrons. The van der Waals surface area contributed by atoms with Crippen LogP contribution >= 0.6 is 22.9 Å². The maximum Gasteiger partial charge on any atom is 0.190 e. The molecule has 1 aliphatic carbocycles. The lowest BCUT2D eigenvalue weighted by Gasteiger charge is -2.05. The zero-order chi connectivity index (χ0) is 17.6. The van der Waals surface area contributed by atoms with Gasteiger partial charge in [-0.1, -0.05) is 11.6 Å². The zero-order valence-electron chi connectivity index (χ0n) is 13.6. The normalized spacial score (nSPS) is 13.9. The molecular weight excluding hydrogens is 360 g/mol. The number of ketones is 1. The summed E-state index contributed by atoms with van der Waals surface area (Å²) >= 11 is 7.49. The predicted molar refractivity (Wildman–Crippen MR) is 101 cm³/mol. The fourth-order valence-electron chi connectivity index (χ4n) is 2.50. The van der Waals surface area contributed by atoms with Crippen LogP contribution in [-0.2, 0) is 0 Å². The summed E-state index contributed by atoms with van der Waals surface area (Å²) in [6.07, 6.45) is 3.91. The van der Waals surface area contributed by atoms with Crippen LogP contribution in [0.2, 0.25) is 5.02 Å². The highest BCUT2D eigenvalue weighted by Crippen LogP contribution is 2.40. The van der Waals surface area contributed by atoms with Gasteiger partial charge in [0, 0.05) is 27.5 Å². The van der Waals surface area contributed by atoms with E-state index in [2.05, 4.69) is 30.5 Å². The number of Topliss-reactive ketones (excluding diaryl/α,β-unsaturated/α-hetero) is 1. The highest BCUT2D eigenvalue weighted by atomic mass is 35.5. The fraction of sp³-hybridized carbons (Fsp3) is 0.312. The molecule has 3 aromatic rings. The first kappa shape index (κ1) is 16.2. The molecule has 1 fully saturated rings. The van der Waals surface area contributed by atoms with Crippen molar-refractivity contribution < 1.29 is 7.65 Å². The van der Waals surface area contributed by atoms with Gasteiger partial charge in [0.2, 0.25) is 0 Å². The van der Waals surface area contributed by atoms with Crippen LogP contribution in [0.15, 0.2) is 12.3 Å². The Labute approximate surface area is 155 Å². The Balaban J connectivity index is 0.00000131. The lowest BCUT2D eigenvalue weighted by atomic mass is 10.3. The average Bonchev–Trinajstić information content (AvgIpc) is 3.19. The smallest absolute Gasteiger partial charge is 0.190 e. The molecule has 9 heteroatoms. The third kappa shape index (κ3) is 3.27. The first-order chi connectivity index (χ1) is 12.0. The SMILES string of the molecule is CC(=O)c1sc(-c2ncc(Cl)c(Nc3cc(C4CC4)[nH]n3)n2)nc1C.[HH].[HH]. The first-order valence-electron chi connectivity index (χ1n) is 7.85. The number of rotatable bonds is 5. The molecule has 0 aromatic carbocycles. The zero-order valence-corrected chi connectivity index (χ0v) is 15.2. The van der Waals surface area contributed by atoms with Crippen molar-refractivity contribution in [2.75, 3.05) is 5.32 Å². The number of H-pyrrole nitrogens is 1. The summed E-state index contributed by atoms with van der Waals surface area (Å²) in [4.78, 5) is 25.3. The fourth-order valence-corrected chi connectivity index (χ4v) is 3.54. The minimum absolute atomic E-state index is 0. The molecule has 3 heterocycles. The molecule has 2 N–H and O–H groups in total. The number of hydrogen-bond acceptors (Lipinski definition) is 7. The van der Waals surface area contributed by atoms with Crippen molar-refractivity contribution in [3.05, 3.63) is 33.6 Å². The Morgan fingerprint density at radius 3 is 2.92 bits per heavy atom. The van der Waals surface area contributed by atoms with Gasteiger partial charge in [-0.05, 0) is 19.8 Å². The maximum atomic E-state index is 11.6.